The molecule has 0 aliphatic carbocycles. The summed E-state index contributed by atoms with van der Waals surface area (Å²) in [6.45, 7) is 2.42. The van der Waals surface area contributed by atoms with Crippen molar-refractivity contribution in [2.45, 2.75) is 30.0 Å². The Bertz CT molecular complexity index is 555. The van der Waals surface area contributed by atoms with E-state index in [2.05, 4.69) is 5.16 Å². The van der Waals surface area contributed by atoms with Gasteiger partial charge in [0.1, 0.15) is 5.75 Å². The summed E-state index contributed by atoms with van der Waals surface area (Å²) in [6.07, 6.45) is 2.46. The van der Waals surface area contributed by atoms with Crippen molar-refractivity contribution in [1.29, 1.82) is 0 Å². The number of nitrogens with zero attached hydrogens (tertiary/aromatic N) is 1. The number of rotatable bonds is 9. The second-order valence-electron chi connectivity index (χ2n) is 5.00. The zero-order valence-electron chi connectivity index (χ0n) is 13.4. The van der Waals surface area contributed by atoms with Gasteiger partial charge in [-0.25, -0.2) is 0 Å². The van der Waals surface area contributed by atoms with Crippen LogP contribution < -0.4 is 4.74 Å². The molecule has 0 heterocycles. The van der Waals surface area contributed by atoms with Crippen LogP contribution in [0.2, 0.25) is 10.0 Å². The second kappa shape index (κ2) is 11.3. The van der Waals surface area contributed by atoms with Crippen LogP contribution in [0.15, 0.2) is 17.3 Å². The number of oxime groups is 1. The molecule has 0 unspecified atom stereocenters. The lowest BCUT2D eigenvalue weighted by Crippen LogP contribution is -2.12. The van der Waals surface area contributed by atoms with Crippen molar-refractivity contribution >= 4 is 63.9 Å². The first kappa shape index (κ1) is 22.6. The van der Waals surface area contributed by atoms with Gasteiger partial charge in [0.25, 0.3) is 0 Å². The number of hydrogen-bond donors (Lipinski definition) is 1. The van der Waals surface area contributed by atoms with E-state index in [-0.39, 0.29) is 22.4 Å². The van der Waals surface area contributed by atoms with Gasteiger partial charge in [-0.15, -0.1) is 0 Å². The summed E-state index contributed by atoms with van der Waals surface area (Å²) in [4.78, 5) is 4.84. The fourth-order valence-electron chi connectivity index (χ4n) is 1.68. The molecule has 0 saturated heterocycles. The predicted octanol–water partition coefficient (Wildman–Crippen LogP) is 5.98. The molecule has 0 spiro atoms. The summed E-state index contributed by atoms with van der Waals surface area (Å²) >= 11 is 28.5. The van der Waals surface area contributed by atoms with E-state index in [0.29, 0.717) is 24.9 Å². The number of unbranched alkanes of at least 4 members (excludes halogenated alkanes) is 2. The number of aromatic hydroxyl groups is 1. The Morgan fingerprint density at radius 1 is 1.08 bits per heavy atom. The van der Waals surface area contributed by atoms with E-state index in [1.165, 1.54) is 12.1 Å². The van der Waals surface area contributed by atoms with Gasteiger partial charge in [0.15, 0.2) is 12.4 Å². The van der Waals surface area contributed by atoms with E-state index >= 15 is 0 Å². The largest absolute Gasteiger partial charge is 0.508 e. The molecule has 10 heteroatoms. The van der Waals surface area contributed by atoms with Crippen molar-refractivity contribution in [2.24, 2.45) is 5.16 Å². The molecule has 0 fully saturated rings. The van der Waals surface area contributed by atoms with Crippen molar-refractivity contribution in [3.05, 3.63) is 22.2 Å². The summed E-state index contributed by atoms with van der Waals surface area (Å²) in [5, 5.41) is 13.6. The Morgan fingerprint density at radius 2 is 1.68 bits per heavy atom. The van der Waals surface area contributed by atoms with Gasteiger partial charge >= 0.3 is 0 Å². The highest BCUT2D eigenvalue weighted by molar-refractivity contribution is 6.67. The molecule has 1 N–H and O–H groups in total. The third-order valence-corrected chi connectivity index (χ3v) is 3.64. The molecule has 0 atom stereocenters. The number of hydrogen-bond acceptors (Lipinski definition) is 5. The zero-order valence-corrected chi connectivity index (χ0v) is 17.2. The van der Waals surface area contributed by atoms with Crippen molar-refractivity contribution < 1.29 is 19.4 Å². The Balaban J connectivity index is 2.14. The van der Waals surface area contributed by atoms with Crippen LogP contribution in [0.5, 0.6) is 11.5 Å². The fraction of sp³-hybridized carbons (Fsp3) is 0.533. The van der Waals surface area contributed by atoms with Gasteiger partial charge in [0, 0.05) is 19.1 Å². The number of ether oxygens (including phenoxy) is 2. The minimum Gasteiger partial charge on any atom is -0.508 e. The molecule has 1 rings (SSSR count). The van der Waals surface area contributed by atoms with Crippen molar-refractivity contribution in [3.8, 4) is 11.5 Å². The standard InChI is InChI=1S/C15H18Cl5NO4/c1-10(21-25-9-15(18,19)20)23-5-3-2-4-6-24-14-12(16)7-11(22)8-13(14)17/h7-8,22H,2-6,9H2,1H3. The van der Waals surface area contributed by atoms with Crippen LogP contribution in [0, 0.1) is 0 Å². The first-order valence-electron chi connectivity index (χ1n) is 7.36. The molecule has 1 aromatic carbocycles. The Labute approximate surface area is 171 Å². The quantitative estimate of drug-likeness (QED) is 0.164. The average molecular weight is 454 g/mol. The van der Waals surface area contributed by atoms with Gasteiger partial charge in [-0.05, 0) is 19.3 Å². The molecule has 0 radical (unpaired) electrons. The van der Waals surface area contributed by atoms with Gasteiger partial charge in [-0.3, -0.25) is 0 Å². The monoisotopic (exact) mass is 451 g/mol. The molecule has 1 aromatic rings. The molecule has 142 valence electrons. The number of benzene rings is 1. The molecular weight excluding hydrogens is 435 g/mol. The smallest absolute Gasteiger partial charge is 0.226 e. The maximum absolute atomic E-state index is 9.35. The lowest BCUT2D eigenvalue weighted by atomic mass is 10.2. The van der Waals surface area contributed by atoms with E-state index in [1.54, 1.807) is 6.92 Å². The second-order valence-corrected chi connectivity index (χ2v) is 8.33. The fourth-order valence-corrected chi connectivity index (χ4v) is 2.41. The SMILES string of the molecule is CC(=NOCC(Cl)(Cl)Cl)OCCCCCOc1c(Cl)cc(O)cc1Cl. The van der Waals surface area contributed by atoms with E-state index in [1.807, 2.05) is 0 Å². The van der Waals surface area contributed by atoms with E-state index in [4.69, 9.17) is 72.3 Å². The first-order chi connectivity index (χ1) is 11.7. The lowest BCUT2D eigenvalue weighted by Gasteiger charge is -2.11. The van der Waals surface area contributed by atoms with Crippen LogP contribution in [0.1, 0.15) is 26.2 Å². The summed E-state index contributed by atoms with van der Waals surface area (Å²) in [6, 6.07) is 2.76. The van der Waals surface area contributed by atoms with Crippen molar-refractivity contribution in [1.82, 2.24) is 0 Å². The molecule has 25 heavy (non-hydrogen) atoms. The van der Waals surface area contributed by atoms with Crippen molar-refractivity contribution in [3.63, 3.8) is 0 Å². The Morgan fingerprint density at radius 3 is 2.28 bits per heavy atom. The topological polar surface area (TPSA) is 60.3 Å². The van der Waals surface area contributed by atoms with Gasteiger partial charge in [-0.1, -0.05) is 63.2 Å². The van der Waals surface area contributed by atoms with Crippen LogP contribution in [0.3, 0.4) is 0 Å². The lowest BCUT2D eigenvalue weighted by molar-refractivity contribution is 0.135. The highest BCUT2D eigenvalue weighted by Gasteiger charge is 2.20. The minimum atomic E-state index is -1.51. The summed E-state index contributed by atoms with van der Waals surface area (Å²) in [7, 11) is 0. The minimum absolute atomic E-state index is 0.00524. The number of phenolic OH excluding ortho intramolecular Hbond substituents is 1. The average Bonchev–Trinajstić information content (AvgIpc) is 2.47. The summed E-state index contributed by atoms with van der Waals surface area (Å²) < 4.78 is 9.39. The molecule has 0 aliphatic heterocycles. The molecule has 0 aromatic heterocycles. The van der Waals surface area contributed by atoms with Crippen LogP contribution >= 0.6 is 58.0 Å². The van der Waals surface area contributed by atoms with E-state index < -0.39 is 3.79 Å². The van der Waals surface area contributed by atoms with Crippen molar-refractivity contribution in [2.75, 3.05) is 19.8 Å². The van der Waals surface area contributed by atoms with Crippen LogP contribution in [0.25, 0.3) is 0 Å². The highest BCUT2D eigenvalue weighted by atomic mass is 35.6. The Kier molecular flexibility index (Phi) is 10.2. The van der Waals surface area contributed by atoms with E-state index in [9.17, 15) is 5.11 Å². The van der Waals surface area contributed by atoms with Gasteiger partial charge in [0.2, 0.25) is 9.69 Å². The third kappa shape index (κ3) is 10.3. The zero-order chi connectivity index (χ0) is 18.9. The van der Waals surface area contributed by atoms with Crippen LogP contribution in [-0.4, -0.2) is 34.6 Å². The summed E-state index contributed by atoms with van der Waals surface area (Å²) in [5.41, 5.74) is 0. The van der Waals surface area contributed by atoms with Gasteiger partial charge in [-0.2, -0.15) is 0 Å². The summed E-state index contributed by atoms with van der Waals surface area (Å²) in [5.74, 6) is 0.717. The molecule has 0 saturated carbocycles. The van der Waals surface area contributed by atoms with Crippen LogP contribution in [0.4, 0.5) is 0 Å². The van der Waals surface area contributed by atoms with Gasteiger partial charge in [0.05, 0.1) is 23.3 Å². The molecule has 0 aliphatic rings. The predicted molar refractivity (Wildman–Crippen MR) is 103 cm³/mol. The maximum Gasteiger partial charge on any atom is 0.226 e. The molecule has 0 amide bonds. The third-order valence-electron chi connectivity index (χ3n) is 2.75. The van der Waals surface area contributed by atoms with Crippen LogP contribution in [-0.2, 0) is 9.57 Å². The Hall–Kier alpha value is -0.460. The van der Waals surface area contributed by atoms with Gasteiger partial charge < -0.3 is 19.4 Å². The number of halogens is 5. The highest BCUT2D eigenvalue weighted by Crippen LogP contribution is 2.36. The number of phenols is 1. The van der Waals surface area contributed by atoms with E-state index in [0.717, 1.165) is 19.3 Å². The molecule has 0 bridgehead atoms. The molecule has 5 nitrogen and oxygen atoms in total. The normalized spacial score (nSPS) is 12.2. The first-order valence-corrected chi connectivity index (χ1v) is 9.25. The number of alkyl halides is 3. The molecular formula is C15H18Cl5NO4. The maximum atomic E-state index is 9.35.